The summed E-state index contributed by atoms with van der Waals surface area (Å²) in [6.45, 7) is -0.451. The van der Waals surface area contributed by atoms with Crippen molar-refractivity contribution in [2.24, 2.45) is 0 Å². The molecule has 1 saturated carbocycles. The van der Waals surface area contributed by atoms with E-state index in [1.807, 2.05) is 0 Å². The number of carbonyl (C=O) groups is 2. The Bertz CT molecular complexity index is 894. The van der Waals surface area contributed by atoms with Gasteiger partial charge < -0.3 is 14.4 Å². The van der Waals surface area contributed by atoms with Gasteiger partial charge in [0.05, 0.1) is 18.6 Å². The lowest BCUT2D eigenvalue weighted by Crippen LogP contribution is -2.44. The molecule has 1 aliphatic carbocycles. The number of rotatable bonds is 7. The molecule has 0 aromatic heterocycles. The molecule has 1 aromatic rings. The van der Waals surface area contributed by atoms with Crippen molar-refractivity contribution in [2.75, 3.05) is 25.2 Å². The smallest absolute Gasteiger partial charge is 0.331 e. The molecule has 1 amide bonds. The molecular formula is C19H22FNO6S. The van der Waals surface area contributed by atoms with Crippen LogP contribution in [0.1, 0.15) is 24.8 Å². The fraction of sp³-hybridized carbons (Fsp3) is 0.474. The highest BCUT2D eigenvalue weighted by Gasteiger charge is 2.42. The number of carbonyl (C=O) groups excluding carboxylic acids is 2. The third kappa shape index (κ3) is 5.09. The molecule has 0 spiro atoms. The number of hydrogen-bond acceptors (Lipinski definition) is 6. The molecule has 1 saturated heterocycles. The minimum absolute atomic E-state index is 0.0299. The van der Waals surface area contributed by atoms with Crippen molar-refractivity contribution in [2.45, 2.75) is 31.3 Å². The Morgan fingerprint density at radius 1 is 1.25 bits per heavy atom. The number of methoxy groups -OCH3 is 1. The van der Waals surface area contributed by atoms with Crippen LogP contribution in [0, 0.1) is 5.82 Å². The maximum atomic E-state index is 13.6. The van der Waals surface area contributed by atoms with Gasteiger partial charge in [0, 0.05) is 18.2 Å². The first-order valence-corrected chi connectivity index (χ1v) is 10.8. The summed E-state index contributed by atoms with van der Waals surface area (Å²) >= 11 is 0. The van der Waals surface area contributed by atoms with E-state index >= 15 is 0 Å². The second kappa shape index (κ2) is 8.30. The summed E-state index contributed by atoms with van der Waals surface area (Å²) in [6.07, 6.45) is 4.56. The van der Waals surface area contributed by atoms with Crippen LogP contribution < -0.4 is 4.74 Å². The van der Waals surface area contributed by atoms with Gasteiger partial charge in [-0.2, -0.15) is 0 Å². The van der Waals surface area contributed by atoms with Crippen LogP contribution in [0.3, 0.4) is 0 Å². The normalized spacial score (nSPS) is 20.9. The number of esters is 1. The summed E-state index contributed by atoms with van der Waals surface area (Å²) in [5.41, 5.74) is 0.442. The fourth-order valence-corrected chi connectivity index (χ4v) is 4.97. The third-order valence-corrected chi connectivity index (χ3v) is 6.51. The van der Waals surface area contributed by atoms with Crippen LogP contribution in [0.15, 0.2) is 24.3 Å². The average Bonchev–Trinajstić information content (AvgIpc) is 3.41. The molecular weight excluding hydrogens is 389 g/mol. The van der Waals surface area contributed by atoms with Crippen molar-refractivity contribution in [1.82, 2.24) is 4.90 Å². The van der Waals surface area contributed by atoms with Gasteiger partial charge in [-0.15, -0.1) is 0 Å². The van der Waals surface area contributed by atoms with Gasteiger partial charge in [-0.3, -0.25) is 4.79 Å². The Balaban J connectivity index is 1.54. The average molecular weight is 411 g/mol. The third-order valence-electron chi connectivity index (χ3n) is 4.76. The summed E-state index contributed by atoms with van der Waals surface area (Å²) < 4.78 is 46.8. The Kier molecular flexibility index (Phi) is 6.02. The maximum absolute atomic E-state index is 13.6. The van der Waals surface area contributed by atoms with E-state index < -0.39 is 28.2 Å². The lowest BCUT2D eigenvalue weighted by Gasteiger charge is -2.28. The molecule has 1 aliphatic heterocycles. The maximum Gasteiger partial charge on any atom is 0.331 e. The topological polar surface area (TPSA) is 90.0 Å². The van der Waals surface area contributed by atoms with E-state index in [0.29, 0.717) is 12.0 Å². The molecule has 1 atom stereocenters. The number of benzene rings is 1. The van der Waals surface area contributed by atoms with Gasteiger partial charge in [0.2, 0.25) is 0 Å². The number of amides is 1. The van der Waals surface area contributed by atoms with Crippen molar-refractivity contribution >= 4 is 27.8 Å². The zero-order chi connectivity index (χ0) is 20.3. The quantitative estimate of drug-likeness (QED) is 0.500. The van der Waals surface area contributed by atoms with E-state index in [9.17, 15) is 22.4 Å². The zero-order valence-electron chi connectivity index (χ0n) is 15.5. The highest BCUT2D eigenvalue weighted by Crippen LogP contribution is 2.32. The molecule has 2 fully saturated rings. The van der Waals surface area contributed by atoms with Crippen LogP contribution in [0.2, 0.25) is 0 Å². The van der Waals surface area contributed by atoms with Gasteiger partial charge in [0.25, 0.3) is 5.91 Å². The Labute approximate surface area is 163 Å². The molecule has 1 aromatic carbocycles. The predicted molar refractivity (Wildman–Crippen MR) is 99.9 cm³/mol. The molecule has 2 aliphatic rings. The van der Waals surface area contributed by atoms with Crippen molar-refractivity contribution in [3.8, 4) is 5.75 Å². The first-order chi connectivity index (χ1) is 13.3. The van der Waals surface area contributed by atoms with E-state index in [-0.39, 0.29) is 35.2 Å². The van der Waals surface area contributed by atoms with E-state index in [4.69, 9.17) is 9.47 Å². The number of halogens is 1. The van der Waals surface area contributed by atoms with Crippen molar-refractivity contribution in [1.29, 1.82) is 0 Å². The number of sulfone groups is 1. The van der Waals surface area contributed by atoms with Gasteiger partial charge >= 0.3 is 5.97 Å². The molecule has 9 heteroatoms. The molecule has 0 bridgehead atoms. The number of hydrogen-bond donors (Lipinski definition) is 0. The minimum Gasteiger partial charge on any atom is -0.494 e. The van der Waals surface area contributed by atoms with Crippen LogP contribution in [0.25, 0.3) is 6.08 Å². The first kappa shape index (κ1) is 20.3. The van der Waals surface area contributed by atoms with Crippen molar-refractivity contribution in [3.63, 3.8) is 0 Å². The molecule has 0 radical (unpaired) electrons. The molecule has 152 valence electrons. The standard InChI is InChI=1S/C19H22FNO6S/c1-26-17-6-2-13(10-16(17)20)3-7-19(23)27-11-18(22)21(14-4-5-14)15-8-9-28(24,25)12-15/h2-3,6-7,10,14-15H,4-5,8-9,11-12H2,1H3/b7-3+/t15-/m0/s1. The monoisotopic (exact) mass is 411 g/mol. The summed E-state index contributed by atoms with van der Waals surface area (Å²) in [5.74, 6) is -1.54. The largest absolute Gasteiger partial charge is 0.494 e. The molecule has 3 rings (SSSR count). The van der Waals surface area contributed by atoms with E-state index in [2.05, 4.69) is 0 Å². The van der Waals surface area contributed by atoms with Crippen LogP contribution >= 0.6 is 0 Å². The summed E-state index contributed by atoms with van der Waals surface area (Å²) in [7, 11) is -1.76. The van der Waals surface area contributed by atoms with Gasteiger partial charge in [-0.25, -0.2) is 17.6 Å². The highest BCUT2D eigenvalue weighted by atomic mass is 32.2. The Hall–Kier alpha value is -2.42. The van der Waals surface area contributed by atoms with Gasteiger partial charge in [0.15, 0.2) is 28.0 Å². The second-order valence-corrected chi connectivity index (χ2v) is 9.15. The molecule has 28 heavy (non-hydrogen) atoms. The van der Waals surface area contributed by atoms with Crippen LogP contribution in [0.5, 0.6) is 5.75 Å². The van der Waals surface area contributed by atoms with E-state index in [1.54, 1.807) is 11.0 Å². The molecule has 0 N–H and O–H groups in total. The second-order valence-electron chi connectivity index (χ2n) is 6.92. The highest BCUT2D eigenvalue weighted by molar-refractivity contribution is 7.91. The van der Waals surface area contributed by atoms with Gasteiger partial charge in [-0.05, 0) is 43.0 Å². The van der Waals surface area contributed by atoms with Crippen LogP contribution in [0.4, 0.5) is 4.39 Å². The SMILES string of the molecule is COc1ccc(/C=C/C(=O)OCC(=O)N(C2CC2)[C@H]2CCS(=O)(=O)C2)cc1F. The number of nitrogens with zero attached hydrogens (tertiary/aromatic N) is 1. The van der Waals surface area contributed by atoms with Crippen LogP contribution in [-0.2, 0) is 24.2 Å². The summed E-state index contributed by atoms with van der Waals surface area (Å²) in [6, 6.07) is 3.91. The minimum atomic E-state index is -3.11. The molecule has 7 nitrogen and oxygen atoms in total. The molecule has 1 heterocycles. The Morgan fingerprint density at radius 3 is 2.57 bits per heavy atom. The van der Waals surface area contributed by atoms with E-state index in [1.165, 1.54) is 25.3 Å². The fourth-order valence-electron chi connectivity index (χ4n) is 3.26. The van der Waals surface area contributed by atoms with Gasteiger partial charge in [0.1, 0.15) is 0 Å². The van der Waals surface area contributed by atoms with Crippen molar-refractivity contribution in [3.05, 3.63) is 35.7 Å². The van der Waals surface area contributed by atoms with Crippen molar-refractivity contribution < 1.29 is 31.9 Å². The first-order valence-electron chi connectivity index (χ1n) is 8.99. The summed E-state index contributed by atoms with van der Waals surface area (Å²) in [5, 5.41) is 0. The zero-order valence-corrected chi connectivity index (χ0v) is 16.3. The van der Waals surface area contributed by atoms with Gasteiger partial charge in [-0.1, -0.05) is 6.07 Å². The number of ether oxygens (including phenoxy) is 2. The van der Waals surface area contributed by atoms with Crippen LogP contribution in [-0.4, -0.2) is 62.5 Å². The predicted octanol–water partition coefficient (Wildman–Crippen LogP) is 1.57. The summed E-state index contributed by atoms with van der Waals surface area (Å²) in [4.78, 5) is 25.9. The lowest BCUT2D eigenvalue weighted by atomic mass is 10.2. The molecule has 0 unspecified atom stereocenters. The Morgan fingerprint density at radius 2 is 2.00 bits per heavy atom. The lowest BCUT2D eigenvalue weighted by molar-refractivity contribution is -0.149. The van der Waals surface area contributed by atoms with E-state index in [0.717, 1.165) is 18.9 Å².